The van der Waals surface area contributed by atoms with Crippen molar-refractivity contribution in [3.63, 3.8) is 0 Å². The Morgan fingerprint density at radius 2 is 1.59 bits per heavy atom. The van der Waals surface area contributed by atoms with E-state index < -0.39 is 23.2 Å². The fraction of sp³-hybridized carbons (Fsp3) is 0.158. The lowest BCUT2D eigenvalue weighted by Gasteiger charge is -2.13. The summed E-state index contributed by atoms with van der Waals surface area (Å²) in [6, 6.07) is 13.4. The summed E-state index contributed by atoms with van der Waals surface area (Å²) in [5.41, 5.74) is -1.38. The topological polar surface area (TPSA) is 91.8 Å². The van der Waals surface area contributed by atoms with Gasteiger partial charge in [-0.2, -0.15) is 13.2 Å². The summed E-state index contributed by atoms with van der Waals surface area (Å²) in [6.45, 7) is 0.377. The van der Waals surface area contributed by atoms with Gasteiger partial charge in [0.15, 0.2) is 5.82 Å². The predicted molar refractivity (Wildman–Crippen MR) is 102 cm³/mol. The van der Waals surface area contributed by atoms with Crippen LogP contribution in [0, 0.1) is 0 Å². The number of aromatic nitrogens is 3. The van der Waals surface area contributed by atoms with E-state index in [1.807, 2.05) is 6.07 Å². The van der Waals surface area contributed by atoms with Crippen molar-refractivity contribution in [1.82, 2.24) is 20.5 Å². The van der Waals surface area contributed by atoms with Gasteiger partial charge in [-0.1, -0.05) is 18.2 Å². The number of nitrogens with zero attached hydrogens (tertiary/aromatic N) is 3. The summed E-state index contributed by atoms with van der Waals surface area (Å²) in [5, 5.41) is 16.4. The molecule has 3 rings (SSSR count). The Hall–Kier alpha value is -3.69. The Bertz CT molecular complexity index is 948. The van der Waals surface area contributed by atoms with Crippen LogP contribution >= 0.6 is 0 Å². The smallest absolute Gasteiger partial charge is 0.367 e. The Kier molecular flexibility index (Phi) is 6.22. The average Bonchev–Trinajstić information content (AvgIpc) is 2.72. The van der Waals surface area contributed by atoms with E-state index >= 15 is 0 Å². The quantitative estimate of drug-likeness (QED) is 0.524. The second kappa shape index (κ2) is 9.00. The molecule has 0 fully saturated rings. The van der Waals surface area contributed by atoms with Crippen LogP contribution in [0.5, 0.6) is 0 Å². The minimum absolute atomic E-state index is 0.112. The molecule has 2 heterocycles. The van der Waals surface area contributed by atoms with E-state index in [-0.39, 0.29) is 13.1 Å². The first-order valence-electron chi connectivity index (χ1n) is 8.63. The van der Waals surface area contributed by atoms with Gasteiger partial charge >= 0.3 is 6.18 Å². The molecule has 0 aliphatic heterocycles. The van der Waals surface area contributed by atoms with Gasteiger partial charge in [-0.25, -0.2) is 4.98 Å². The van der Waals surface area contributed by atoms with Gasteiger partial charge < -0.3 is 16.0 Å². The molecule has 29 heavy (non-hydrogen) atoms. The Morgan fingerprint density at radius 3 is 2.28 bits per heavy atom. The number of hydrogen-bond donors (Lipinski definition) is 3. The van der Waals surface area contributed by atoms with E-state index in [9.17, 15) is 18.0 Å². The molecule has 0 saturated carbocycles. The van der Waals surface area contributed by atoms with E-state index in [1.165, 1.54) is 12.1 Å². The Balaban J connectivity index is 1.48. The van der Waals surface area contributed by atoms with Gasteiger partial charge in [-0.15, -0.1) is 10.2 Å². The summed E-state index contributed by atoms with van der Waals surface area (Å²) in [5.74, 6) is 0.804. The third-order valence-corrected chi connectivity index (χ3v) is 3.78. The highest BCUT2D eigenvalue weighted by Gasteiger charge is 2.34. The van der Waals surface area contributed by atoms with Crippen molar-refractivity contribution in [2.45, 2.75) is 6.18 Å². The molecular formula is C19H17F3N6O. The molecule has 0 saturated heterocycles. The highest BCUT2D eigenvalue weighted by atomic mass is 19.4. The third kappa shape index (κ3) is 5.64. The number of carbonyl (C=O) groups excluding carboxylic acids is 1. The van der Waals surface area contributed by atoms with E-state index in [2.05, 4.69) is 31.1 Å². The molecular weight excluding hydrogens is 385 g/mol. The standard InChI is InChI=1S/C19H17F3N6O/c20-19(21,22)14-6-2-1-5-13(14)18(29)25-12-11-24-16-8-9-17(28-27-16)26-15-7-3-4-10-23-15/h1-10H,11-12H2,(H,24,27)(H,25,29)(H,23,26,28). The van der Waals surface area contributed by atoms with Crippen LogP contribution in [0.25, 0.3) is 0 Å². The van der Waals surface area contributed by atoms with Gasteiger partial charge in [0.05, 0.1) is 11.1 Å². The minimum Gasteiger partial charge on any atom is -0.367 e. The Labute approximate surface area is 164 Å². The van der Waals surface area contributed by atoms with Crippen LogP contribution in [0.1, 0.15) is 15.9 Å². The molecule has 3 N–H and O–H groups in total. The number of amides is 1. The number of carbonyl (C=O) groups is 1. The highest BCUT2D eigenvalue weighted by Crippen LogP contribution is 2.31. The molecule has 0 radical (unpaired) electrons. The maximum Gasteiger partial charge on any atom is 0.417 e. The molecule has 0 unspecified atom stereocenters. The molecule has 3 aromatic rings. The number of benzene rings is 1. The molecule has 0 atom stereocenters. The fourth-order valence-corrected chi connectivity index (χ4v) is 2.45. The number of alkyl halides is 3. The number of rotatable bonds is 7. The van der Waals surface area contributed by atoms with Crippen LogP contribution in [0.15, 0.2) is 60.8 Å². The molecule has 0 aliphatic carbocycles. The van der Waals surface area contributed by atoms with Crippen LogP contribution in [0.4, 0.5) is 30.6 Å². The SMILES string of the molecule is O=C(NCCNc1ccc(Nc2ccccn2)nn1)c1ccccc1C(F)(F)F. The second-order valence-corrected chi connectivity index (χ2v) is 5.87. The second-order valence-electron chi connectivity index (χ2n) is 5.87. The van der Waals surface area contributed by atoms with Gasteiger partial charge in [-0.05, 0) is 36.4 Å². The molecule has 150 valence electrons. The van der Waals surface area contributed by atoms with Crippen molar-refractivity contribution in [3.05, 3.63) is 71.9 Å². The zero-order chi connectivity index (χ0) is 20.7. The molecule has 10 heteroatoms. The highest BCUT2D eigenvalue weighted by molar-refractivity contribution is 5.95. The summed E-state index contributed by atoms with van der Waals surface area (Å²) >= 11 is 0. The minimum atomic E-state index is -4.59. The summed E-state index contributed by atoms with van der Waals surface area (Å²) < 4.78 is 38.9. The number of halogens is 3. The average molecular weight is 402 g/mol. The summed E-state index contributed by atoms with van der Waals surface area (Å²) in [7, 11) is 0. The molecule has 2 aromatic heterocycles. The first kappa shape index (κ1) is 20.1. The number of anilines is 3. The predicted octanol–water partition coefficient (Wildman–Crippen LogP) is 3.48. The fourth-order valence-electron chi connectivity index (χ4n) is 2.45. The van der Waals surface area contributed by atoms with Crippen LogP contribution < -0.4 is 16.0 Å². The van der Waals surface area contributed by atoms with Gasteiger partial charge in [0.25, 0.3) is 5.91 Å². The molecule has 7 nitrogen and oxygen atoms in total. The summed E-state index contributed by atoms with van der Waals surface area (Å²) in [4.78, 5) is 16.2. The third-order valence-electron chi connectivity index (χ3n) is 3.78. The van der Waals surface area contributed by atoms with Crippen molar-refractivity contribution in [2.24, 2.45) is 0 Å². The first-order valence-corrected chi connectivity index (χ1v) is 8.63. The Morgan fingerprint density at radius 1 is 0.862 bits per heavy atom. The molecule has 0 bridgehead atoms. The zero-order valence-electron chi connectivity index (χ0n) is 15.1. The normalized spacial score (nSPS) is 11.0. The lowest BCUT2D eigenvalue weighted by Crippen LogP contribution is -2.30. The van der Waals surface area contributed by atoms with Gasteiger partial charge in [0, 0.05) is 19.3 Å². The van der Waals surface area contributed by atoms with Crippen LogP contribution in [-0.2, 0) is 6.18 Å². The van der Waals surface area contributed by atoms with Crippen LogP contribution in [0.2, 0.25) is 0 Å². The number of hydrogen-bond acceptors (Lipinski definition) is 6. The first-order chi connectivity index (χ1) is 13.9. The van der Waals surface area contributed by atoms with Crippen molar-refractivity contribution in [2.75, 3.05) is 23.7 Å². The van der Waals surface area contributed by atoms with Gasteiger partial charge in [0.2, 0.25) is 0 Å². The lowest BCUT2D eigenvalue weighted by atomic mass is 10.1. The summed E-state index contributed by atoms with van der Waals surface area (Å²) in [6.07, 6.45) is -2.94. The van der Waals surface area contributed by atoms with E-state index in [0.717, 1.165) is 12.1 Å². The molecule has 0 spiro atoms. The van der Waals surface area contributed by atoms with Crippen LogP contribution in [-0.4, -0.2) is 34.2 Å². The molecule has 1 aromatic carbocycles. The lowest BCUT2D eigenvalue weighted by molar-refractivity contribution is -0.137. The van der Waals surface area contributed by atoms with Crippen molar-refractivity contribution in [1.29, 1.82) is 0 Å². The van der Waals surface area contributed by atoms with Crippen LogP contribution in [0.3, 0.4) is 0 Å². The van der Waals surface area contributed by atoms with Crippen molar-refractivity contribution >= 4 is 23.4 Å². The van der Waals surface area contributed by atoms with Crippen molar-refractivity contribution in [3.8, 4) is 0 Å². The maximum absolute atomic E-state index is 13.0. The monoisotopic (exact) mass is 402 g/mol. The van der Waals surface area contributed by atoms with Gasteiger partial charge in [-0.3, -0.25) is 4.79 Å². The van der Waals surface area contributed by atoms with Gasteiger partial charge in [0.1, 0.15) is 11.6 Å². The van der Waals surface area contributed by atoms with E-state index in [0.29, 0.717) is 17.5 Å². The van der Waals surface area contributed by atoms with Crippen molar-refractivity contribution < 1.29 is 18.0 Å². The number of nitrogens with one attached hydrogen (secondary N) is 3. The van der Waals surface area contributed by atoms with E-state index in [4.69, 9.17) is 0 Å². The zero-order valence-corrected chi connectivity index (χ0v) is 15.1. The maximum atomic E-state index is 13.0. The van der Waals surface area contributed by atoms with E-state index in [1.54, 1.807) is 30.5 Å². The molecule has 1 amide bonds. The number of pyridine rings is 1. The largest absolute Gasteiger partial charge is 0.417 e. The molecule has 0 aliphatic rings.